The van der Waals surface area contributed by atoms with Crippen molar-refractivity contribution in [1.29, 1.82) is 0 Å². The molecule has 0 heteroatoms. The Morgan fingerprint density at radius 3 is 2.18 bits per heavy atom. The van der Waals surface area contributed by atoms with E-state index in [4.69, 9.17) is 0 Å². The smallest absolute Gasteiger partial charge is 0.0409 e. The van der Waals surface area contributed by atoms with Crippen molar-refractivity contribution >= 4 is 0 Å². The zero-order valence-corrected chi connectivity index (χ0v) is 12.5. The van der Waals surface area contributed by atoms with Gasteiger partial charge in [0.05, 0.1) is 0 Å². The third-order valence-corrected chi connectivity index (χ3v) is 4.58. The van der Waals surface area contributed by atoms with Crippen molar-refractivity contribution in [3.8, 4) is 0 Å². The molecule has 1 rings (SSSR count). The first kappa shape index (κ1) is 15.1. The van der Waals surface area contributed by atoms with Crippen LogP contribution in [-0.2, 0) is 0 Å². The van der Waals surface area contributed by atoms with Gasteiger partial charge in [-0.05, 0) is 30.6 Å². The van der Waals surface area contributed by atoms with E-state index >= 15 is 0 Å². The van der Waals surface area contributed by atoms with E-state index in [0.29, 0.717) is 0 Å². The maximum absolute atomic E-state index is 2.46. The predicted molar refractivity (Wildman–Crippen MR) is 78.3 cm³/mol. The van der Waals surface area contributed by atoms with Gasteiger partial charge in [-0.2, -0.15) is 0 Å². The van der Waals surface area contributed by atoms with Gasteiger partial charge >= 0.3 is 0 Å². The summed E-state index contributed by atoms with van der Waals surface area (Å²) in [6.07, 6.45) is 16.2. The van der Waals surface area contributed by atoms with Crippen LogP contribution < -0.4 is 0 Å². The quantitative estimate of drug-likeness (QED) is 0.397. The van der Waals surface area contributed by atoms with Crippen molar-refractivity contribution in [3.05, 3.63) is 0 Å². The van der Waals surface area contributed by atoms with E-state index in [-0.39, 0.29) is 0 Å². The van der Waals surface area contributed by atoms with E-state index in [1.165, 1.54) is 70.6 Å². The molecule has 1 fully saturated rings. The molecule has 0 aromatic heterocycles. The minimum absolute atomic E-state index is 0.979. The molecule has 0 aromatic rings. The van der Waals surface area contributed by atoms with Crippen LogP contribution in [0.3, 0.4) is 0 Å². The molecule has 1 atom stereocenters. The first-order valence-electron chi connectivity index (χ1n) is 8.22. The van der Waals surface area contributed by atoms with Gasteiger partial charge in [-0.15, -0.1) is 0 Å². The summed E-state index contributed by atoms with van der Waals surface area (Å²) in [4.78, 5) is 0. The van der Waals surface area contributed by atoms with E-state index in [2.05, 4.69) is 20.8 Å². The van der Waals surface area contributed by atoms with E-state index in [1.54, 1.807) is 0 Å². The van der Waals surface area contributed by atoms with Crippen LogP contribution in [0.5, 0.6) is 0 Å². The van der Waals surface area contributed by atoms with E-state index in [1.807, 2.05) is 0 Å². The normalized spacial score (nSPS) is 25.6. The number of unbranched alkanes of at least 4 members (excludes halogenated alkanes) is 4. The van der Waals surface area contributed by atoms with Crippen molar-refractivity contribution in [2.45, 2.75) is 91.4 Å². The van der Waals surface area contributed by atoms with E-state index in [0.717, 1.165) is 17.8 Å². The Kier molecular flexibility index (Phi) is 7.97. The highest BCUT2D eigenvalue weighted by Crippen LogP contribution is 2.36. The molecule has 17 heavy (non-hydrogen) atoms. The first-order valence-corrected chi connectivity index (χ1v) is 8.22. The summed E-state index contributed by atoms with van der Waals surface area (Å²) in [5.74, 6) is 3.12. The zero-order chi connectivity index (χ0) is 12.5. The average Bonchev–Trinajstić information content (AvgIpc) is 2.27. The van der Waals surface area contributed by atoms with Crippen molar-refractivity contribution in [2.24, 2.45) is 17.8 Å². The second-order valence-corrected chi connectivity index (χ2v) is 6.68. The Labute approximate surface area is 110 Å². The van der Waals surface area contributed by atoms with Gasteiger partial charge in [-0.3, -0.25) is 0 Å². The van der Waals surface area contributed by atoms with Gasteiger partial charge in [-0.1, -0.05) is 78.6 Å². The lowest BCUT2D eigenvalue weighted by molar-refractivity contribution is 0.194. The summed E-state index contributed by atoms with van der Waals surface area (Å²) in [7, 11) is 0. The van der Waals surface area contributed by atoms with E-state index in [9.17, 15) is 0 Å². The highest BCUT2D eigenvalue weighted by atomic mass is 14.3. The van der Waals surface area contributed by atoms with Gasteiger partial charge in [-0.25, -0.2) is 0 Å². The fraction of sp³-hybridized carbons (Fsp3) is 1.00. The van der Waals surface area contributed by atoms with Crippen molar-refractivity contribution < 1.29 is 0 Å². The third-order valence-electron chi connectivity index (χ3n) is 4.58. The summed E-state index contributed by atoms with van der Waals surface area (Å²) in [6.45, 7) is 7.15. The first-order chi connectivity index (χ1) is 8.22. The van der Waals surface area contributed by atoms with Crippen molar-refractivity contribution in [1.82, 2.24) is 0 Å². The van der Waals surface area contributed by atoms with Crippen LogP contribution in [0.1, 0.15) is 91.4 Å². The van der Waals surface area contributed by atoms with Crippen LogP contribution >= 0.6 is 0 Å². The van der Waals surface area contributed by atoms with Crippen LogP contribution in [0.4, 0.5) is 0 Å². The highest BCUT2D eigenvalue weighted by molar-refractivity contribution is 4.75. The van der Waals surface area contributed by atoms with Gasteiger partial charge in [0.25, 0.3) is 0 Å². The molecule has 1 unspecified atom stereocenters. The van der Waals surface area contributed by atoms with Gasteiger partial charge < -0.3 is 0 Å². The van der Waals surface area contributed by atoms with Crippen LogP contribution in [0.25, 0.3) is 0 Å². The lowest BCUT2D eigenvalue weighted by atomic mass is 9.73. The molecule has 0 bridgehead atoms. The minimum atomic E-state index is 0.979. The zero-order valence-electron chi connectivity index (χ0n) is 12.5. The van der Waals surface area contributed by atoms with E-state index < -0.39 is 0 Å². The maximum Gasteiger partial charge on any atom is -0.0409 e. The lowest BCUT2D eigenvalue weighted by Crippen LogP contribution is -2.20. The molecule has 0 saturated heterocycles. The fourth-order valence-electron chi connectivity index (χ4n) is 3.29. The van der Waals surface area contributed by atoms with Gasteiger partial charge in [0.1, 0.15) is 0 Å². The molecule has 102 valence electrons. The molecular formula is C17H34. The summed E-state index contributed by atoms with van der Waals surface area (Å²) < 4.78 is 0. The summed E-state index contributed by atoms with van der Waals surface area (Å²) in [6, 6.07) is 0. The molecule has 0 nitrogen and oxygen atoms in total. The Balaban J connectivity index is 1.81. The second-order valence-electron chi connectivity index (χ2n) is 6.68. The molecule has 0 aromatic carbocycles. The molecule has 0 amide bonds. The molecule has 0 aliphatic heterocycles. The molecule has 0 radical (unpaired) electrons. The maximum atomic E-state index is 2.46. The molecular weight excluding hydrogens is 204 g/mol. The Hall–Kier alpha value is 0. The van der Waals surface area contributed by atoms with Gasteiger partial charge in [0, 0.05) is 0 Å². The number of rotatable bonds is 10. The summed E-state index contributed by atoms with van der Waals surface area (Å²) in [5.41, 5.74) is 0. The standard InChI is InChI=1S/C17H34/c1-4-5-6-7-10-15(2)11-8-9-12-17-13-16(3)14-17/h15-17H,4-14H2,1-3H3. The van der Waals surface area contributed by atoms with Crippen LogP contribution in [-0.4, -0.2) is 0 Å². The van der Waals surface area contributed by atoms with Gasteiger partial charge in [0.2, 0.25) is 0 Å². The molecule has 1 saturated carbocycles. The third kappa shape index (κ3) is 7.11. The minimum Gasteiger partial charge on any atom is -0.0654 e. The van der Waals surface area contributed by atoms with Crippen LogP contribution in [0.15, 0.2) is 0 Å². The average molecular weight is 238 g/mol. The van der Waals surface area contributed by atoms with Crippen LogP contribution in [0.2, 0.25) is 0 Å². The summed E-state index contributed by atoms with van der Waals surface area (Å²) >= 11 is 0. The molecule has 0 heterocycles. The van der Waals surface area contributed by atoms with Crippen molar-refractivity contribution in [2.75, 3.05) is 0 Å². The topological polar surface area (TPSA) is 0 Å². The predicted octanol–water partition coefficient (Wildman–Crippen LogP) is 6.20. The highest BCUT2D eigenvalue weighted by Gasteiger charge is 2.24. The molecule has 0 N–H and O–H groups in total. The Morgan fingerprint density at radius 2 is 1.59 bits per heavy atom. The monoisotopic (exact) mass is 238 g/mol. The second kappa shape index (κ2) is 9.00. The van der Waals surface area contributed by atoms with Gasteiger partial charge in [0.15, 0.2) is 0 Å². The molecule has 1 aliphatic rings. The van der Waals surface area contributed by atoms with Crippen LogP contribution in [0, 0.1) is 17.8 Å². The Morgan fingerprint density at radius 1 is 0.941 bits per heavy atom. The SMILES string of the molecule is CCCCCCC(C)CCCCC1CC(C)C1. The largest absolute Gasteiger partial charge is 0.0654 e. The molecule has 0 spiro atoms. The fourth-order valence-corrected chi connectivity index (χ4v) is 3.29. The van der Waals surface area contributed by atoms with Crippen molar-refractivity contribution in [3.63, 3.8) is 0 Å². The lowest BCUT2D eigenvalue weighted by Gasteiger charge is -2.32. The Bertz CT molecular complexity index is 167. The summed E-state index contributed by atoms with van der Waals surface area (Å²) in [5, 5.41) is 0. The molecule has 1 aliphatic carbocycles. The number of hydrogen-bond acceptors (Lipinski definition) is 0. The number of hydrogen-bond donors (Lipinski definition) is 0.